The van der Waals surface area contributed by atoms with Crippen LogP contribution in [0.5, 0.6) is 11.5 Å². The number of anilines is 1. The standard InChI is InChI=1S/C21H22ClFN2O4/c1-28-16-9-14(10-17(12-16)29-2)21(27)25-7-5-13(6-8-25)20(26)24-15-3-4-18(22)19(23)11-15/h3-4,9-13H,5-8H2,1-2H3,(H,24,26). The van der Waals surface area contributed by atoms with E-state index in [2.05, 4.69) is 5.32 Å². The number of amides is 2. The van der Waals surface area contributed by atoms with Crippen LogP contribution in [0.1, 0.15) is 23.2 Å². The van der Waals surface area contributed by atoms with Crippen molar-refractivity contribution >= 4 is 29.1 Å². The van der Waals surface area contributed by atoms with Crippen molar-refractivity contribution in [3.8, 4) is 11.5 Å². The molecule has 0 saturated carbocycles. The summed E-state index contributed by atoms with van der Waals surface area (Å²) in [6.07, 6.45) is 1.05. The molecule has 2 aromatic rings. The maximum atomic E-state index is 13.5. The Balaban J connectivity index is 1.60. The Labute approximate surface area is 173 Å². The van der Waals surface area contributed by atoms with Gasteiger partial charge in [0.25, 0.3) is 5.91 Å². The minimum Gasteiger partial charge on any atom is -0.497 e. The summed E-state index contributed by atoms with van der Waals surface area (Å²) < 4.78 is 24.0. The minimum atomic E-state index is -0.585. The van der Waals surface area contributed by atoms with Crippen LogP contribution in [0.4, 0.5) is 10.1 Å². The summed E-state index contributed by atoms with van der Waals surface area (Å²) in [4.78, 5) is 27.0. The van der Waals surface area contributed by atoms with Crippen molar-refractivity contribution in [1.82, 2.24) is 4.90 Å². The van der Waals surface area contributed by atoms with Crippen molar-refractivity contribution in [3.63, 3.8) is 0 Å². The molecule has 0 spiro atoms. The molecule has 6 nitrogen and oxygen atoms in total. The molecule has 0 aromatic heterocycles. The number of methoxy groups -OCH3 is 2. The number of rotatable bonds is 5. The first kappa shape index (κ1) is 20.9. The van der Waals surface area contributed by atoms with Crippen LogP contribution < -0.4 is 14.8 Å². The van der Waals surface area contributed by atoms with E-state index >= 15 is 0 Å². The second-order valence-corrected chi connectivity index (χ2v) is 7.19. The molecule has 8 heteroatoms. The Hall–Kier alpha value is -2.80. The van der Waals surface area contributed by atoms with E-state index < -0.39 is 5.82 Å². The van der Waals surface area contributed by atoms with E-state index in [1.807, 2.05) is 0 Å². The van der Waals surface area contributed by atoms with E-state index in [0.717, 1.165) is 0 Å². The van der Waals surface area contributed by atoms with Gasteiger partial charge >= 0.3 is 0 Å². The zero-order valence-electron chi connectivity index (χ0n) is 16.2. The number of piperidine rings is 1. The lowest BCUT2D eigenvalue weighted by Gasteiger charge is -2.31. The molecule has 1 heterocycles. The Morgan fingerprint density at radius 2 is 1.69 bits per heavy atom. The number of carbonyl (C=O) groups is 2. The summed E-state index contributed by atoms with van der Waals surface area (Å²) in [5.74, 6) is -0.0896. The maximum Gasteiger partial charge on any atom is 0.254 e. The van der Waals surface area contributed by atoms with Crippen LogP contribution in [0.25, 0.3) is 0 Å². The number of halogens is 2. The van der Waals surface area contributed by atoms with Crippen LogP contribution in [0.15, 0.2) is 36.4 Å². The lowest BCUT2D eigenvalue weighted by Crippen LogP contribution is -2.41. The number of nitrogens with one attached hydrogen (secondary N) is 1. The molecule has 154 valence electrons. The van der Waals surface area contributed by atoms with Gasteiger partial charge in [-0.1, -0.05) is 11.6 Å². The molecule has 1 N–H and O–H groups in total. The molecule has 1 aliphatic rings. The number of hydrogen-bond donors (Lipinski definition) is 1. The van der Waals surface area contributed by atoms with Gasteiger partial charge in [0.2, 0.25) is 5.91 Å². The Morgan fingerprint density at radius 1 is 1.07 bits per heavy atom. The highest BCUT2D eigenvalue weighted by Crippen LogP contribution is 2.26. The highest BCUT2D eigenvalue weighted by Gasteiger charge is 2.28. The lowest BCUT2D eigenvalue weighted by atomic mass is 9.95. The average molecular weight is 421 g/mol. The van der Waals surface area contributed by atoms with E-state index in [4.69, 9.17) is 21.1 Å². The monoisotopic (exact) mass is 420 g/mol. The van der Waals surface area contributed by atoms with E-state index in [1.165, 1.54) is 26.4 Å². The predicted octanol–water partition coefficient (Wildman–Crippen LogP) is 3.99. The molecular weight excluding hydrogens is 399 g/mol. The normalized spacial score (nSPS) is 14.4. The molecule has 0 atom stereocenters. The third kappa shape index (κ3) is 4.98. The highest BCUT2D eigenvalue weighted by atomic mass is 35.5. The molecule has 1 saturated heterocycles. The summed E-state index contributed by atoms with van der Waals surface area (Å²) in [7, 11) is 3.05. The molecule has 2 amide bonds. The van der Waals surface area contributed by atoms with E-state index in [0.29, 0.717) is 48.7 Å². The average Bonchev–Trinajstić information content (AvgIpc) is 2.75. The molecule has 3 rings (SSSR count). The number of hydrogen-bond acceptors (Lipinski definition) is 4. The molecule has 29 heavy (non-hydrogen) atoms. The van der Waals surface area contributed by atoms with Crippen molar-refractivity contribution in [1.29, 1.82) is 0 Å². The third-order valence-electron chi connectivity index (χ3n) is 4.94. The number of carbonyl (C=O) groups excluding carboxylic acids is 2. The summed E-state index contributed by atoms with van der Waals surface area (Å²) in [5, 5.41) is 2.72. The fraction of sp³-hybridized carbons (Fsp3) is 0.333. The SMILES string of the molecule is COc1cc(OC)cc(C(=O)N2CCC(C(=O)Nc3ccc(Cl)c(F)c3)CC2)c1. The third-order valence-corrected chi connectivity index (χ3v) is 5.25. The molecule has 2 aromatic carbocycles. The first-order valence-electron chi connectivity index (χ1n) is 9.19. The Kier molecular flexibility index (Phi) is 6.59. The van der Waals surface area contributed by atoms with Gasteiger partial charge in [0.15, 0.2) is 0 Å². The van der Waals surface area contributed by atoms with Crippen LogP contribution in [-0.4, -0.2) is 44.0 Å². The predicted molar refractivity (Wildman–Crippen MR) is 108 cm³/mol. The fourth-order valence-corrected chi connectivity index (χ4v) is 3.39. The molecule has 0 radical (unpaired) electrons. The van der Waals surface area contributed by atoms with Crippen molar-refractivity contribution in [2.24, 2.45) is 5.92 Å². The van der Waals surface area contributed by atoms with Crippen molar-refractivity contribution < 1.29 is 23.5 Å². The largest absolute Gasteiger partial charge is 0.497 e. The van der Waals surface area contributed by atoms with Crippen molar-refractivity contribution in [2.45, 2.75) is 12.8 Å². The molecule has 1 aliphatic heterocycles. The van der Waals surface area contributed by atoms with E-state index in [-0.39, 0.29) is 22.8 Å². The zero-order valence-corrected chi connectivity index (χ0v) is 17.0. The summed E-state index contributed by atoms with van der Waals surface area (Å²) in [6.45, 7) is 0.900. The van der Waals surface area contributed by atoms with Gasteiger partial charge in [-0.05, 0) is 43.2 Å². The van der Waals surface area contributed by atoms with Crippen LogP contribution in [0, 0.1) is 11.7 Å². The molecule has 0 aliphatic carbocycles. The summed E-state index contributed by atoms with van der Waals surface area (Å²) in [5.41, 5.74) is 0.833. The van der Waals surface area contributed by atoms with Gasteiger partial charge in [0.1, 0.15) is 17.3 Å². The number of benzene rings is 2. The summed E-state index contributed by atoms with van der Waals surface area (Å²) >= 11 is 5.66. The van der Waals surface area contributed by atoms with Gasteiger partial charge in [-0.3, -0.25) is 9.59 Å². The molecule has 0 unspecified atom stereocenters. The molecule has 0 bridgehead atoms. The topological polar surface area (TPSA) is 67.9 Å². The van der Waals surface area contributed by atoms with Crippen LogP contribution in [0.3, 0.4) is 0 Å². The number of likely N-dealkylation sites (tertiary alicyclic amines) is 1. The fourth-order valence-electron chi connectivity index (χ4n) is 3.28. The minimum absolute atomic E-state index is 0.00370. The van der Waals surface area contributed by atoms with Gasteiger partial charge in [-0.15, -0.1) is 0 Å². The summed E-state index contributed by atoms with van der Waals surface area (Å²) in [6, 6.07) is 9.17. The molecular formula is C21H22ClFN2O4. The highest BCUT2D eigenvalue weighted by molar-refractivity contribution is 6.30. The zero-order chi connectivity index (χ0) is 21.0. The van der Waals surface area contributed by atoms with Crippen molar-refractivity contribution in [3.05, 3.63) is 52.8 Å². The lowest BCUT2D eigenvalue weighted by molar-refractivity contribution is -0.121. The smallest absolute Gasteiger partial charge is 0.254 e. The molecule has 1 fully saturated rings. The van der Waals surface area contributed by atoms with Gasteiger partial charge < -0.3 is 19.7 Å². The first-order chi connectivity index (χ1) is 13.9. The first-order valence-corrected chi connectivity index (χ1v) is 9.57. The number of nitrogens with zero attached hydrogens (tertiary/aromatic N) is 1. The Bertz CT molecular complexity index is 891. The van der Waals surface area contributed by atoms with Crippen LogP contribution >= 0.6 is 11.6 Å². The van der Waals surface area contributed by atoms with Crippen LogP contribution in [-0.2, 0) is 4.79 Å². The van der Waals surface area contributed by atoms with E-state index in [9.17, 15) is 14.0 Å². The quantitative estimate of drug-likeness (QED) is 0.794. The maximum absolute atomic E-state index is 13.5. The van der Waals surface area contributed by atoms with Gasteiger partial charge in [-0.2, -0.15) is 0 Å². The van der Waals surface area contributed by atoms with E-state index in [1.54, 1.807) is 29.2 Å². The van der Waals surface area contributed by atoms with Crippen molar-refractivity contribution in [2.75, 3.05) is 32.6 Å². The second-order valence-electron chi connectivity index (χ2n) is 6.79. The van der Waals surface area contributed by atoms with Gasteiger partial charge in [0.05, 0.1) is 19.2 Å². The van der Waals surface area contributed by atoms with Crippen LogP contribution in [0.2, 0.25) is 5.02 Å². The second kappa shape index (κ2) is 9.13. The Morgan fingerprint density at radius 3 is 2.24 bits per heavy atom. The van der Waals surface area contributed by atoms with Gasteiger partial charge in [0, 0.05) is 36.3 Å². The number of ether oxygens (including phenoxy) is 2. The van der Waals surface area contributed by atoms with Gasteiger partial charge in [-0.25, -0.2) is 4.39 Å².